The molecule has 0 aliphatic rings. The van der Waals surface area contributed by atoms with E-state index in [1.165, 1.54) is 0 Å². The minimum atomic E-state index is -0.266. The van der Waals surface area contributed by atoms with Gasteiger partial charge >= 0.3 is 0 Å². The minimum Gasteiger partial charge on any atom is -0.320 e. The molecule has 1 heterocycles. The van der Waals surface area contributed by atoms with Gasteiger partial charge in [-0.1, -0.05) is 47.5 Å². The van der Waals surface area contributed by atoms with Gasteiger partial charge in [-0.15, -0.1) is 0 Å². The molecule has 0 saturated heterocycles. The molecule has 2 nitrogen and oxygen atoms in total. The van der Waals surface area contributed by atoms with Crippen LogP contribution in [0, 0.1) is 0 Å². The molecule has 0 aliphatic carbocycles. The second kappa shape index (κ2) is 5.41. The van der Waals surface area contributed by atoms with E-state index in [2.05, 4.69) is 4.98 Å². The van der Waals surface area contributed by atoms with Gasteiger partial charge in [-0.2, -0.15) is 0 Å². The highest BCUT2D eigenvalue weighted by Crippen LogP contribution is 2.30. The Morgan fingerprint density at radius 3 is 2.55 bits per heavy atom. The number of nitrogens with two attached hydrogens (primary N) is 1. The van der Waals surface area contributed by atoms with Crippen LogP contribution in [0.25, 0.3) is 10.9 Å². The lowest BCUT2D eigenvalue weighted by atomic mass is 9.96. The van der Waals surface area contributed by atoms with E-state index in [-0.39, 0.29) is 6.04 Å². The number of nitrogens with zero attached hydrogens (tertiary/aromatic N) is 1. The summed E-state index contributed by atoms with van der Waals surface area (Å²) in [5, 5.41) is 2.09. The summed E-state index contributed by atoms with van der Waals surface area (Å²) in [6.45, 7) is 0. The highest BCUT2D eigenvalue weighted by atomic mass is 35.5. The maximum atomic E-state index is 6.37. The first-order valence-corrected chi connectivity index (χ1v) is 6.96. The Balaban J connectivity index is 2.12. The molecule has 2 N–H and O–H groups in total. The molecule has 100 valence electrons. The molecule has 0 aliphatic heterocycles. The average Bonchev–Trinajstić information content (AvgIpc) is 2.49. The number of aromatic nitrogens is 1. The smallest absolute Gasteiger partial charge is 0.0705 e. The number of fused-ring (bicyclic) bond motifs is 1. The van der Waals surface area contributed by atoms with Crippen LogP contribution in [0.2, 0.25) is 10.0 Å². The SMILES string of the molecule is NC(c1ccc(Cl)c(Cl)c1)c1ccnc2ccccc12. The molecule has 1 atom stereocenters. The van der Waals surface area contributed by atoms with E-state index in [9.17, 15) is 0 Å². The van der Waals surface area contributed by atoms with Crippen molar-refractivity contribution in [2.45, 2.75) is 6.04 Å². The van der Waals surface area contributed by atoms with E-state index in [1.807, 2.05) is 42.5 Å². The number of para-hydroxylation sites is 1. The molecule has 20 heavy (non-hydrogen) atoms. The number of halogens is 2. The first kappa shape index (κ1) is 13.4. The summed E-state index contributed by atoms with van der Waals surface area (Å²) in [4.78, 5) is 4.35. The van der Waals surface area contributed by atoms with E-state index >= 15 is 0 Å². The van der Waals surface area contributed by atoms with Crippen molar-refractivity contribution in [3.63, 3.8) is 0 Å². The van der Waals surface area contributed by atoms with Gasteiger partial charge in [0.05, 0.1) is 21.6 Å². The lowest BCUT2D eigenvalue weighted by Gasteiger charge is -2.15. The maximum Gasteiger partial charge on any atom is 0.0705 e. The monoisotopic (exact) mass is 302 g/mol. The third kappa shape index (κ3) is 2.38. The first-order valence-electron chi connectivity index (χ1n) is 6.21. The van der Waals surface area contributed by atoms with Gasteiger partial charge in [-0.05, 0) is 35.4 Å². The lowest BCUT2D eigenvalue weighted by molar-refractivity contribution is 0.879. The Morgan fingerprint density at radius 2 is 1.75 bits per heavy atom. The number of rotatable bonds is 2. The van der Waals surface area contributed by atoms with Gasteiger partial charge in [0.1, 0.15) is 0 Å². The maximum absolute atomic E-state index is 6.37. The van der Waals surface area contributed by atoms with Gasteiger partial charge in [-0.25, -0.2) is 0 Å². The molecule has 0 amide bonds. The molecule has 3 aromatic rings. The summed E-state index contributed by atoms with van der Waals surface area (Å²) >= 11 is 12.0. The number of hydrogen-bond donors (Lipinski definition) is 1. The summed E-state index contributed by atoms with van der Waals surface area (Å²) in [5.41, 5.74) is 9.25. The second-order valence-electron chi connectivity index (χ2n) is 4.57. The highest BCUT2D eigenvalue weighted by Gasteiger charge is 2.13. The van der Waals surface area contributed by atoms with Crippen molar-refractivity contribution in [1.29, 1.82) is 0 Å². The molecule has 3 rings (SSSR count). The summed E-state index contributed by atoms with van der Waals surface area (Å²) < 4.78 is 0. The highest BCUT2D eigenvalue weighted by molar-refractivity contribution is 6.42. The van der Waals surface area contributed by atoms with Crippen LogP contribution in [0.5, 0.6) is 0 Å². The van der Waals surface area contributed by atoms with Crippen LogP contribution >= 0.6 is 23.2 Å². The van der Waals surface area contributed by atoms with Crippen molar-refractivity contribution >= 4 is 34.1 Å². The Kier molecular flexibility index (Phi) is 3.62. The summed E-state index contributed by atoms with van der Waals surface area (Å²) in [5.74, 6) is 0. The van der Waals surface area contributed by atoms with E-state index in [0.29, 0.717) is 10.0 Å². The minimum absolute atomic E-state index is 0.266. The molecule has 0 saturated carbocycles. The van der Waals surface area contributed by atoms with Crippen LogP contribution in [0.3, 0.4) is 0 Å². The summed E-state index contributed by atoms with van der Waals surface area (Å²) in [7, 11) is 0. The third-order valence-electron chi connectivity index (χ3n) is 3.32. The first-order chi connectivity index (χ1) is 9.66. The van der Waals surface area contributed by atoms with Crippen LogP contribution in [-0.2, 0) is 0 Å². The van der Waals surface area contributed by atoms with Crippen LogP contribution in [0.15, 0.2) is 54.7 Å². The molecule has 0 bridgehead atoms. The molecule has 0 radical (unpaired) electrons. The van der Waals surface area contributed by atoms with Crippen LogP contribution in [0.1, 0.15) is 17.2 Å². The van der Waals surface area contributed by atoms with Crippen LogP contribution in [-0.4, -0.2) is 4.98 Å². The van der Waals surface area contributed by atoms with Crippen molar-refractivity contribution in [3.05, 3.63) is 75.9 Å². The molecule has 2 aromatic carbocycles. The van der Waals surface area contributed by atoms with E-state index < -0.39 is 0 Å². The van der Waals surface area contributed by atoms with Crippen molar-refractivity contribution in [1.82, 2.24) is 4.98 Å². The normalized spacial score (nSPS) is 12.6. The third-order valence-corrected chi connectivity index (χ3v) is 4.06. The van der Waals surface area contributed by atoms with E-state index in [4.69, 9.17) is 28.9 Å². The molecular weight excluding hydrogens is 291 g/mol. The number of pyridine rings is 1. The number of hydrogen-bond acceptors (Lipinski definition) is 2. The average molecular weight is 303 g/mol. The van der Waals surface area contributed by atoms with Crippen molar-refractivity contribution < 1.29 is 0 Å². The van der Waals surface area contributed by atoms with Gasteiger partial charge in [0, 0.05) is 11.6 Å². The van der Waals surface area contributed by atoms with Gasteiger partial charge in [0.25, 0.3) is 0 Å². The van der Waals surface area contributed by atoms with E-state index in [0.717, 1.165) is 22.0 Å². The fourth-order valence-electron chi connectivity index (χ4n) is 2.27. The fraction of sp³-hybridized carbons (Fsp3) is 0.0625. The Labute approximate surface area is 127 Å². The predicted octanol–water partition coefficient (Wildman–Crippen LogP) is 4.59. The Hall–Kier alpha value is -1.61. The Bertz CT molecular complexity index is 766. The largest absolute Gasteiger partial charge is 0.320 e. The van der Waals surface area contributed by atoms with Crippen molar-refractivity contribution in [2.24, 2.45) is 5.73 Å². The molecule has 0 fully saturated rings. The fourth-order valence-corrected chi connectivity index (χ4v) is 2.58. The van der Waals surface area contributed by atoms with Gasteiger partial charge in [0.2, 0.25) is 0 Å². The van der Waals surface area contributed by atoms with E-state index in [1.54, 1.807) is 12.3 Å². The quantitative estimate of drug-likeness (QED) is 0.752. The standard InChI is InChI=1S/C16H12Cl2N2/c17-13-6-5-10(9-14(13)18)16(19)12-7-8-20-15-4-2-1-3-11(12)15/h1-9,16H,19H2. The molecule has 0 spiro atoms. The molecule has 1 aromatic heterocycles. The zero-order chi connectivity index (χ0) is 14.1. The molecular formula is C16H12Cl2N2. The Morgan fingerprint density at radius 1 is 0.950 bits per heavy atom. The van der Waals surface area contributed by atoms with Gasteiger partial charge in [-0.3, -0.25) is 4.98 Å². The molecule has 4 heteroatoms. The zero-order valence-corrected chi connectivity index (χ0v) is 12.1. The van der Waals surface area contributed by atoms with Crippen molar-refractivity contribution in [2.75, 3.05) is 0 Å². The van der Waals surface area contributed by atoms with Crippen molar-refractivity contribution in [3.8, 4) is 0 Å². The predicted molar refractivity (Wildman–Crippen MR) is 84.2 cm³/mol. The summed E-state index contributed by atoms with van der Waals surface area (Å²) in [6.07, 6.45) is 1.77. The number of benzene rings is 2. The lowest BCUT2D eigenvalue weighted by Crippen LogP contribution is -2.12. The molecule has 1 unspecified atom stereocenters. The van der Waals surface area contributed by atoms with Crippen LogP contribution in [0.4, 0.5) is 0 Å². The van der Waals surface area contributed by atoms with Crippen LogP contribution < -0.4 is 5.73 Å². The zero-order valence-electron chi connectivity index (χ0n) is 10.6. The van der Waals surface area contributed by atoms with Gasteiger partial charge < -0.3 is 5.73 Å². The van der Waals surface area contributed by atoms with Gasteiger partial charge in [0.15, 0.2) is 0 Å². The second-order valence-corrected chi connectivity index (χ2v) is 5.38. The topological polar surface area (TPSA) is 38.9 Å². The summed E-state index contributed by atoms with van der Waals surface area (Å²) in [6, 6.07) is 15.1.